The molecule has 0 radical (unpaired) electrons. The number of piperazine rings is 1. The molecule has 25 heavy (non-hydrogen) atoms. The van der Waals surface area contributed by atoms with Gasteiger partial charge in [0.25, 0.3) is 0 Å². The van der Waals surface area contributed by atoms with Gasteiger partial charge in [0.05, 0.1) is 11.5 Å². The minimum absolute atomic E-state index is 0.324. The van der Waals surface area contributed by atoms with Crippen LogP contribution in [0.5, 0.6) is 5.75 Å². The number of hydrogen-bond acceptors (Lipinski definition) is 4. The second-order valence-corrected chi connectivity index (χ2v) is 7.98. The maximum Gasteiger partial charge on any atom is 0.243 e. The first kappa shape index (κ1) is 17.8. The van der Waals surface area contributed by atoms with Crippen molar-refractivity contribution in [2.45, 2.75) is 18.2 Å². The number of para-hydroxylation sites is 1. The van der Waals surface area contributed by atoms with E-state index >= 15 is 0 Å². The Morgan fingerprint density at radius 3 is 2.16 bits per heavy atom. The quantitative estimate of drug-likeness (QED) is 0.795. The fourth-order valence-corrected chi connectivity index (χ4v) is 4.32. The van der Waals surface area contributed by atoms with E-state index in [1.165, 1.54) is 0 Å². The van der Waals surface area contributed by atoms with Gasteiger partial charge in [-0.15, -0.1) is 0 Å². The lowest BCUT2D eigenvalue weighted by atomic mass is 10.2. The molecule has 1 saturated heterocycles. The number of hydrogen-bond donors (Lipinski definition) is 0. The maximum absolute atomic E-state index is 12.8. The summed E-state index contributed by atoms with van der Waals surface area (Å²) in [5.41, 5.74) is 1.14. The maximum atomic E-state index is 12.8. The Bertz CT molecular complexity index is 768. The van der Waals surface area contributed by atoms with Crippen LogP contribution in [0, 0.1) is 0 Å². The molecular weight excluding hydrogens is 336 g/mol. The first-order valence-corrected chi connectivity index (χ1v) is 10.1. The predicted molar refractivity (Wildman–Crippen MR) is 99.6 cm³/mol. The van der Waals surface area contributed by atoms with Crippen molar-refractivity contribution >= 4 is 15.7 Å². The third-order valence-electron chi connectivity index (χ3n) is 4.29. The van der Waals surface area contributed by atoms with Gasteiger partial charge in [0, 0.05) is 31.9 Å². The summed E-state index contributed by atoms with van der Waals surface area (Å²) >= 11 is 0. The largest absolute Gasteiger partial charge is 0.494 e. The number of anilines is 1. The molecule has 1 aliphatic heterocycles. The summed E-state index contributed by atoms with van der Waals surface area (Å²) in [5, 5.41) is 0. The first-order valence-electron chi connectivity index (χ1n) is 8.64. The first-order chi connectivity index (χ1) is 12.1. The van der Waals surface area contributed by atoms with Crippen molar-refractivity contribution < 1.29 is 13.2 Å². The Balaban J connectivity index is 1.65. The topological polar surface area (TPSA) is 49.9 Å². The van der Waals surface area contributed by atoms with Crippen molar-refractivity contribution in [3.05, 3.63) is 54.6 Å². The van der Waals surface area contributed by atoms with Crippen LogP contribution in [0.2, 0.25) is 0 Å². The molecule has 5 nitrogen and oxygen atoms in total. The molecule has 2 aromatic carbocycles. The lowest BCUT2D eigenvalue weighted by molar-refractivity contribution is 0.317. The zero-order valence-electron chi connectivity index (χ0n) is 14.5. The van der Waals surface area contributed by atoms with E-state index in [2.05, 4.69) is 17.0 Å². The molecule has 0 aromatic heterocycles. The molecule has 0 amide bonds. The van der Waals surface area contributed by atoms with Crippen LogP contribution in [-0.2, 0) is 10.0 Å². The van der Waals surface area contributed by atoms with E-state index < -0.39 is 10.0 Å². The smallest absolute Gasteiger partial charge is 0.243 e. The molecule has 0 unspecified atom stereocenters. The Labute approximate surface area is 149 Å². The minimum Gasteiger partial charge on any atom is -0.494 e. The van der Waals surface area contributed by atoms with Gasteiger partial charge in [0.15, 0.2) is 0 Å². The highest BCUT2D eigenvalue weighted by atomic mass is 32.2. The normalized spacial score (nSPS) is 16.0. The van der Waals surface area contributed by atoms with Gasteiger partial charge in [-0.3, -0.25) is 0 Å². The predicted octanol–water partition coefficient (Wildman–Crippen LogP) is 2.99. The van der Waals surface area contributed by atoms with E-state index in [9.17, 15) is 8.42 Å². The van der Waals surface area contributed by atoms with E-state index in [4.69, 9.17) is 4.74 Å². The summed E-state index contributed by atoms with van der Waals surface area (Å²) in [5.74, 6) is 0.703. The van der Waals surface area contributed by atoms with Crippen molar-refractivity contribution in [2.24, 2.45) is 0 Å². The fraction of sp³-hybridized carbons (Fsp3) is 0.368. The van der Waals surface area contributed by atoms with Crippen LogP contribution in [0.1, 0.15) is 13.3 Å². The highest BCUT2D eigenvalue weighted by Crippen LogP contribution is 2.22. The van der Waals surface area contributed by atoms with Gasteiger partial charge in [-0.1, -0.05) is 25.1 Å². The van der Waals surface area contributed by atoms with Crippen LogP contribution in [0.3, 0.4) is 0 Å². The van der Waals surface area contributed by atoms with Crippen LogP contribution in [-0.4, -0.2) is 45.5 Å². The SMILES string of the molecule is CCCOc1ccc(S(=O)(=O)N2CCN(c3ccccc3)CC2)cc1. The third kappa shape index (κ3) is 4.14. The summed E-state index contributed by atoms with van der Waals surface area (Å²) in [7, 11) is -3.45. The second kappa shape index (κ2) is 7.89. The second-order valence-electron chi connectivity index (χ2n) is 6.05. The summed E-state index contributed by atoms with van der Waals surface area (Å²) in [6, 6.07) is 16.8. The lowest BCUT2D eigenvalue weighted by Crippen LogP contribution is -2.48. The molecule has 0 saturated carbocycles. The lowest BCUT2D eigenvalue weighted by Gasteiger charge is -2.35. The molecule has 0 aliphatic carbocycles. The molecule has 1 heterocycles. The van der Waals surface area contributed by atoms with E-state index in [-0.39, 0.29) is 0 Å². The molecule has 0 atom stereocenters. The van der Waals surface area contributed by atoms with Gasteiger partial charge in [0.1, 0.15) is 5.75 Å². The van der Waals surface area contributed by atoms with Crippen LogP contribution in [0.4, 0.5) is 5.69 Å². The summed E-state index contributed by atoms with van der Waals surface area (Å²) in [6.07, 6.45) is 0.922. The molecule has 134 valence electrons. The minimum atomic E-state index is -3.45. The van der Waals surface area contributed by atoms with Crippen LogP contribution in [0.15, 0.2) is 59.5 Å². The molecular formula is C19H24N2O3S. The van der Waals surface area contributed by atoms with Crippen LogP contribution >= 0.6 is 0 Å². The van der Waals surface area contributed by atoms with Crippen molar-refractivity contribution in [2.75, 3.05) is 37.7 Å². The standard InChI is InChI=1S/C19H24N2O3S/c1-2-16-24-18-8-10-19(11-9-18)25(22,23)21-14-12-20(13-15-21)17-6-4-3-5-7-17/h3-11H,2,12-16H2,1H3. The third-order valence-corrected chi connectivity index (χ3v) is 6.21. The van der Waals surface area contributed by atoms with Crippen LogP contribution in [0.25, 0.3) is 0 Å². The van der Waals surface area contributed by atoms with Gasteiger partial charge in [0.2, 0.25) is 10.0 Å². The van der Waals surface area contributed by atoms with Crippen molar-refractivity contribution in [3.8, 4) is 5.75 Å². The molecule has 0 spiro atoms. The van der Waals surface area contributed by atoms with Gasteiger partial charge < -0.3 is 9.64 Å². The van der Waals surface area contributed by atoms with Crippen molar-refractivity contribution in [1.82, 2.24) is 4.31 Å². The van der Waals surface area contributed by atoms with E-state index in [1.54, 1.807) is 28.6 Å². The zero-order chi connectivity index (χ0) is 17.7. The van der Waals surface area contributed by atoms with Crippen LogP contribution < -0.4 is 9.64 Å². The monoisotopic (exact) mass is 360 g/mol. The van der Waals surface area contributed by atoms with E-state index in [0.29, 0.717) is 43.4 Å². The molecule has 1 aliphatic rings. The molecule has 3 rings (SSSR count). The summed E-state index contributed by atoms with van der Waals surface area (Å²) in [4.78, 5) is 2.54. The summed E-state index contributed by atoms with van der Waals surface area (Å²) in [6.45, 7) is 5.04. The number of rotatable bonds is 6. The molecule has 2 aromatic rings. The highest BCUT2D eigenvalue weighted by Gasteiger charge is 2.28. The van der Waals surface area contributed by atoms with Gasteiger partial charge in [-0.2, -0.15) is 4.31 Å². The average Bonchev–Trinajstić information content (AvgIpc) is 2.67. The summed E-state index contributed by atoms with van der Waals surface area (Å²) < 4.78 is 32.7. The number of sulfonamides is 1. The Hall–Kier alpha value is -2.05. The molecule has 6 heteroatoms. The number of benzene rings is 2. The molecule has 0 bridgehead atoms. The molecule has 0 N–H and O–H groups in total. The van der Waals surface area contributed by atoms with Gasteiger partial charge in [-0.05, 0) is 42.8 Å². The number of ether oxygens (including phenoxy) is 1. The fourth-order valence-electron chi connectivity index (χ4n) is 2.90. The Kier molecular flexibility index (Phi) is 5.60. The Morgan fingerprint density at radius 2 is 1.56 bits per heavy atom. The van der Waals surface area contributed by atoms with E-state index in [0.717, 1.165) is 12.1 Å². The van der Waals surface area contributed by atoms with Gasteiger partial charge >= 0.3 is 0 Å². The van der Waals surface area contributed by atoms with Crippen molar-refractivity contribution in [1.29, 1.82) is 0 Å². The number of nitrogens with zero attached hydrogens (tertiary/aromatic N) is 2. The van der Waals surface area contributed by atoms with E-state index in [1.807, 2.05) is 25.1 Å². The average molecular weight is 360 g/mol. The molecule has 1 fully saturated rings. The van der Waals surface area contributed by atoms with Gasteiger partial charge in [-0.25, -0.2) is 8.42 Å². The van der Waals surface area contributed by atoms with Crippen molar-refractivity contribution in [3.63, 3.8) is 0 Å². The highest BCUT2D eigenvalue weighted by molar-refractivity contribution is 7.89. The Morgan fingerprint density at radius 1 is 0.920 bits per heavy atom. The zero-order valence-corrected chi connectivity index (χ0v) is 15.3.